The minimum atomic E-state index is -1.23. The first-order chi connectivity index (χ1) is 17.2. The molecule has 13 heteroatoms. The molecular formula is C24H41ClN6O6. The molecule has 2 atom stereocenters. The number of hydrogen-bond donors (Lipinski definition) is 4. The molecule has 3 aliphatic rings. The van der Waals surface area contributed by atoms with Gasteiger partial charge in [-0.25, -0.2) is 4.79 Å². The predicted octanol–water partition coefficient (Wildman–Crippen LogP) is 1.37. The summed E-state index contributed by atoms with van der Waals surface area (Å²) in [5.41, 5.74) is 5.62. The van der Waals surface area contributed by atoms with E-state index in [1.165, 1.54) is 16.2 Å². The molecule has 0 unspecified atom stereocenters. The Morgan fingerprint density at radius 1 is 1.08 bits per heavy atom. The zero-order valence-corrected chi connectivity index (χ0v) is 22.3. The summed E-state index contributed by atoms with van der Waals surface area (Å²) in [7, 11) is 1.63. The normalized spacial score (nSPS) is 20.7. The van der Waals surface area contributed by atoms with Crippen molar-refractivity contribution in [2.24, 2.45) is 11.7 Å². The van der Waals surface area contributed by atoms with Crippen LogP contribution in [0.2, 0.25) is 0 Å². The second-order valence-electron chi connectivity index (χ2n) is 10.2. The topological polar surface area (TPSA) is 169 Å². The zero-order valence-electron chi connectivity index (χ0n) is 21.5. The van der Waals surface area contributed by atoms with Crippen molar-refractivity contribution >= 4 is 42.2 Å². The summed E-state index contributed by atoms with van der Waals surface area (Å²) in [6.45, 7) is 0.833. The maximum Gasteiger partial charge on any atom is 0.407 e. The molecule has 0 aromatic rings. The number of nitrogens with zero attached hydrogens (tertiary/aromatic N) is 3. The fraction of sp³-hybridized carbons (Fsp3) is 0.792. The highest BCUT2D eigenvalue weighted by atomic mass is 35.5. The largest absolute Gasteiger partial charge is 0.480 e. The van der Waals surface area contributed by atoms with Crippen molar-refractivity contribution in [1.29, 1.82) is 5.41 Å². The number of nitrogens with one attached hydrogen (secondary N) is 2. The zero-order chi connectivity index (χ0) is 26.2. The van der Waals surface area contributed by atoms with Gasteiger partial charge in [0, 0.05) is 32.2 Å². The number of likely N-dealkylation sites (tertiary alicyclic amines) is 1. The maximum absolute atomic E-state index is 13.3. The van der Waals surface area contributed by atoms with E-state index in [-0.39, 0.29) is 55.3 Å². The second-order valence-corrected chi connectivity index (χ2v) is 10.2. The third-order valence-corrected chi connectivity index (χ3v) is 7.40. The van der Waals surface area contributed by atoms with Gasteiger partial charge in [0.05, 0.1) is 13.0 Å². The molecule has 1 heterocycles. The van der Waals surface area contributed by atoms with Crippen molar-refractivity contribution in [2.45, 2.75) is 82.3 Å². The predicted molar refractivity (Wildman–Crippen MR) is 138 cm³/mol. The number of alkyl carbamates (subject to hydrolysis) is 1. The monoisotopic (exact) mass is 544 g/mol. The van der Waals surface area contributed by atoms with Crippen molar-refractivity contribution < 1.29 is 29.0 Å². The quantitative estimate of drug-likeness (QED) is 0.236. The first-order valence-corrected chi connectivity index (χ1v) is 13.0. The van der Waals surface area contributed by atoms with E-state index < -0.39 is 30.6 Å². The van der Waals surface area contributed by atoms with Gasteiger partial charge in [-0.15, -0.1) is 12.4 Å². The van der Waals surface area contributed by atoms with E-state index >= 15 is 0 Å². The van der Waals surface area contributed by atoms with Crippen molar-refractivity contribution in [3.63, 3.8) is 0 Å². The van der Waals surface area contributed by atoms with Crippen molar-refractivity contribution in [3.05, 3.63) is 0 Å². The molecule has 0 spiro atoms. The first kappa shape index (κ1) is 30.5. The number of likely N-dealkylation sites (N-methyl/N-ethyl adjacent to an activating group) is 1. The van der Waals surface area contributed by atoms with E-state index in [1.54, 1.807) is 11.9 Å². The maximum atomic E-state index is 13.3. The summed E-state index contributed by atoms with van der Waals surface area (Å²) < 4.78 is 5.39. The molecule has 0 aromatic carbocycles. The van der Waals surface area contributed by atoms with Crippen LogP contribution in [0.5, 0.6) is 0 Å². The van der Waals surface area contributed by atoms with Crippen LogP contribution in [-0.2, 0) is 19.1 Å². The summed E-state index contributed by atoms with van der Waals surface area (Å²) >= 11 is 0. The Morgan fingerprint density at radius 3 is 2.35 bits per heavy atom. The molecule has 37 heavy (non-hydrogen) atoms. The van der Waals surface area contributed by atoms with E-state index in [4.69, 9.17) is 15.9 Å². The van der Waals surface area contributed by atoms with Crippen molar-refractivity contribution in [3.8, 4) is 0 Å². The Balaban J connectivity index is 0.00000481. The number of rotatable bonds is 10. The standard InChI is InChI=1S/C24H40N6O6.ClH/c1-28(18-8-5-11-29(13-18)23(25)26)20(31)12-19(22(34)30(14-21(32)33)17-9-10-17)27-24(35)36-15-16-6-3-2-4-7-16;/h16-19H,2-15H2,1H3,(H3,25,26)(H,27,35)(H,32,33);1H/t18-,19-;/m0./s1. The lowest BCUT2D eigenvalue weighted by molar-refractivity contribution is -0.146. The molecular weight excluding hydrogens is 504 g/mol. The summed E-state index contributed by atoms with van der Waals surface area (Å²) in [6, 6.07) is -1.62. The molecule has 5 N–H and O–H groups in total. The van der Waals surface area contributed by atoms with E-state index in [0.717, 1.165) is 38.5 Å². The number of nitrogens with two attached hydrogens (primary N) is 1. The SMILES string of the molecule is CN(C(=O)C[C@H](NC(=O)OCC1CCCCC1)C(=O)N(CC(=O)O)C1CC1)[C@H]1CCCN(C(=N)N)C1.Cl. The molecule has 3 amide bonds. The number of carbonyl (C=O) groups excluding carboxylic acids is 3. The van der Waals surface area contributed by atoms with Gasteiger partial charge in [0.15, 0.2) is 5.96 Å². The average Bonchev–Trinajstić information content (AvgIpc) is 3.70. The van der Waals surface area contributed by atoms with Gasteiger partial charge in [0.1, 0.15) is 12.6 Å². The molecule has 2 saturated carbocycles. The molecule has 2 aliphatic carbocycles. The molecule has 0 aromatic heterocycles. The van der Waals surface area contributed by atoms with Crippen LogP contribution in [0.25, 0.3) is 0 Å². The van der Waals surface area contributed by atoms with Gasteiger partial charge in [0.25, 0.3) is 0 Å². The van der Waals surface area contributed by atoms with Gasteiger partial charge in [-0.1, -0.05) is 19.3 Å². The highest BCUT2D eigenvalue weighted by Crippen LogP contribution is 2.28. The molecule has 12 nitrogen and oxygen atoms in total. The number of carboxylic acids is 1. The number of hydrogen-bond acceptors (Lipinski definition) is 6. The van der Waals surface area contributed by atoms with E-state index in [2.05, 4.69) is 5.32 Å². The Morgan fingerprint density at radius 2 is 1.76 bits per heavy atom. The fourth-order valence-corrected chi connectivity index (χ4v) is 5.06. The fourth-order valence-electron chi connectivity index (χ4n) is 5.06. The Hall–Kier alpha value is -2.76. The van der Waals surface area contributed by atoms with Crippen LogP contribution < -0.4 is 11.1 Å². The van der Waals surface area contributed by atoms with Crippen LogP contribution in [0.1, 0.15) is 64.2 Å². The molecule has 3 rings (SSSR count). The molecule has 1 aliphatic heterocycles. The molecule has 0 radical (unpaired) electrons. The minimum absolute atomic E-state index is 0. The van der Waals surface area contributed by atoms with Crippen LogP contribution in [0.3, 0.4) is 0 Å². The molecule has 0 bridgehead atoms. The third kappa shape index (κ3) is 9.24. The summed E-state index contributed by atoms with van der Waals surface area (Å²) in [5.74, 6) is -1.86. The van der Waals surface area contributed by atoms with Gasteiger partial charge < -0.3 is 35.6 Å². The first-order valence-electron chi connectivity index (χ1n) is 13.0. The number of amides is 3. The third-order valence-electron chi connectivity index (χ3n) is 7.40. The Labute approximate surface area is 224 Å². The smallest absolute Gasteiger partial charge is 0.407 e. The molecule has 1 saturated heterocycles. The number of halogens is 1. The second kappa shape index (κ2) is 14.3. The number of aliphatic carboxylic acids is 1. The van der Waals surface area contributed by atoms with Crippen molar-refractivity contribution in [2.75, 3.05) is 33.3 Å². The van der Waals surface area contributed by atoms with Crippen LogP contribution >= 0.6 is 12.4 Å². The van der Waals surface area contributed by atoms with Crippen LogP contribution in [0.15, 0.2) is 0 Å². The highest BCUT2D eigenvalue weighted by Gasteiger charge is 2.39. The molecule has 210 valence electrons. The van der Waals surface area contributed by atoms with Gasteiger partial charge in [-0.2, -0.15) is 0 Å². The minimum Gasteiger partial charge on any atom is -0.480 e. The number of carbonyl (C=O) groups is 4. The van der Waals surface area contributed by atoms with Crippen molar-refractivity contribution in [1.82, 2.24) is 20.0 Å². The van der Waals surface area contributed by atoms with E-state index in [1.807, 2.05) is 0 Å². The summed E-state index contributed by atoms with van der Waals surface area (Å²) in [6.07, 6.45) is 7.16. The lowest BCUT2D eigenvalue weighted by atomic mass is 9.90. The molecule has 3 fully saturated rings. The van der Waals surface area contributed by atoms with E-state index in [9.17, 15) is 24.3 Å². The highest BCUT2D eigenvalue weighted by molar-refractivity contribution is 5.92. The van der Waals surface area contributed by atoms with Crippen LogP contribution in [-0.4, -0.2) is 101 Å². The number of guanidine groups is 1. The van der Waals surface area contributed by atoms with Gasteiger partial charge >= 0.3 is 12.1 Å². The number of piperidine rings is 1. The lowest BCUT2D eigenvalue weighted by Crippen LogP contribution is -2.55. The summed E-state index contributed by atoms with van der Waals surface area (Å²) in [5, 5.41) is 19.5. The van der Waals surface area contributed by atoms with Gasteiger partial charge in [-0.05, 0) is 44.4 Å². The van der Waals surface area contributed by atoms with Gasteiger partial charge in [-0.3, -0.25) is 19.8 Å². The Bertz CT molecular complexity index is 835. The average molecular weight is 545 g/mol. The van der Waals surface area contributed by atoms with Crippen LogP contribution in [0.4, 0.5) is 4.79 Å². The lowest BCUT2D eigenvalue weighted by Gasteiger charge is -2.38. The Kier molecular flexibility index (Phi) is 11.7. The number of carboxylic acid groups (broad SMARTS) is 1. The summed E-state index contributed by atoms with van der Waals surface area (Å²) in [4.78, 5) is 55.0. The van der Waals surface area contributed by atoms with Gasteiger partial charge in [0.2, 0.25) is 11.8 Å². The number of ether oxygens (including phenoxy) is 1. The van der Waals surface area contributed by atoms with Crippen LogP contribution in [0, 0.1) is 11.3 Å². The van der Waals surface area contributed by atoms with E-state index in [0.29, 0.717) is 25.9 Å².